The van der Waals surface area contributed by atoms with Crippen molar-refractivity contribution in [2.45, 2.75) is 46.3 Å². The van der Waals surface area contributed by atoms with Gasteiger partial charge in [0.05, 0.1) is 23.8 Å². The summed E-state index contributed by atoms with van der Waals surface area (Å²) < 4.78 is 51.3. The minimum atomic E-state index is -4.95. The fraction of sp³-hybridized carbons (Fsp3) is 0.370. The van der Waals surface area contributed by atoms with Gasteiger partial charge in [-0.15, -0.1) is 36.9 Å². The van der Waals surface area contributed by atoms with Gasteiger partial charge >= 0.3 is 18.0 Å². The second-order valence-corrected chi connectivity index (χ2v) is 11.4. The molecular formula is C27H28Cl2F3N5O7S. The molecule has 1 amide bonds. The van der Waals surface area contributed by atoms with Crippen molar-refractivity contribution in [1.29, 1.82) is 0 Å². The number of furan rings is 1. The number of nitrogens with zero attached hydrogens (tertiary/aromatic N) is 4. The summed E-state index contributed by atoms with van der Waals surface area (Å²) in [5.74, 6) is -2.47. The molecule has 0 saturated heterocycles. The summed E-state index contributed by atoms with van der Waals surface area (Å²) in [6, 6.07) is 2.63. The van der Waals surface area contributed by atoms with Crippen molar-refractivity contribution in [2.75, 3.05) is 0 Å². The van der Waals surface area contributed by atoms with Crippen LogP contribution in [-0.4, -0.2) is 43.1 Å². The van der Waals surface area contributed by atoms with E-state index >= 15 is 0 Å². The van der Waals surface area contributed by atoms with Crippen LogP contribution < -0.4 is 26.1 Å². The summed E-state index contributed by atoms with van der Waals surface area (Å²) in [5, 5.41) is 13.9. The van der Waals surface area contributed by atoms with E-state index in [2.05, 4.69) is 15.0 Å². The van der Waals surface area contributed by atoms with Crippen LogP contribution in [-0.2, 0) is 36.8 Å². The Bertz CT molecular complexity index is 1960. The lowest BCUT2D eigenvalue weighted by Gasteiger charge is -2.19. The number of carbonyl (C=O) groups is 2. The largest absolute Gasteiger partial charge is 0.573 e. The topological polar surface area (TPSA) is 150 Å². The minimum Gasteiger partial charge on any atom is -0.480 e. The maximum Gasteiger partial charge on any atom is 0.573 e. The predicted octanol–water partition coefficient (Wildman–Crippen LogP) is 3.97. The van der Waals surface area contributed by atoms with E-state index in [0.717, 1.165) is 26.5 Å². The number of thiazole rings is 1. The molecule has 1 atom stereocenters. The molecule has 3 aromatic heterocycles. The van der Waals surface area contributed by atoms with Crippen molar-refractivity contribution in [3.05, 3.63) is 65.6 Å². The Labute approximate surface area is 267 Å². The monoisotopic (exact) mass is 693 g/mol. The highest BCUT2D eigenvalue weighted by Crippen LogP contribution is 2.34. The first-order valence-corrected chi connectivity index (χ1v) is 14.2. The molecule has 0 fully saturated rings. The number of benzene rings is 1. The van der Waals surface area contributed by atoms with E-state index in [1.807, 2.05) is 0 Å². The summed E-state index contributed by atoms with van der Waals surface area (Å²) in [4.78, 5) is 54.6. The number of amides is 1. The Morgan fingerprint density at radius 2 is 1.87 bits per heavy atom. The standard InChI is InChI=1S/C27H27ClF3N5O7S.ClH/c1-12(2)21(24(39)40)32-11-36-17(14-6-7-18(16(28)8-14)43-27(29,30)31)10-44-25(36)33-19(37)9-15-13(3)42-23-20(15)22(38)34(4)26(41)35(23)5;/h6-8,10,12,21,32H,9,11H2,1-5H3,(H,39,40);1H/t21-;/m0./s1. The lowest BCUT2D eigenvalue weighted by atomic mass is 10.1. The van der Waals surface area contributed by atoms with Gasteiger partial charge in [0.25, 0.3) is 11.5 Å². The highest BCUT2D eigenvalue weighted by atomic mass is 35.5. The van der Waals surface area contributed by atoms with Crippen LogP contribution in [0.25, 0.3) is 22.4 Å². The van der Waals surface area contributed by atoms with Gasteiger partial charge in [0.1, 0.15) is 22.9 Å². The van der Waals surface area contributed by atoms with E-state index in [9.17, 15) is 37.5 Å². The maximum atomic E-state index is 13.3. The summed E-state index contributed by atoms with van der Waals surface area (Å²) >= 11 is 7.08. The van der Waals surface area contributed by atoms with Gasteiger partial charge in [-0.3, -0.25) is 28.8 Å². The van der Waals surface area contributed by atoms with E-state index in [0.29, 0.717) is 11.3 Å². The molecule has 2 N–H and O–H groups in total. The number of ether oxygens (including phenoxy) is 1. The number of aryl methyl sites for hydroxylation is 2. The molecule has 0 aliphatic heterocycles. The summed E-state index contributed by atoms with van der Waals surface area (Å²) in [5.41, 5.74) is -0.255. The SMILES string of the molecule is Cc1oc2c(c1CC(=O)N=c1scc(-c3ccc(OC(F)(F)F)c(Cl)c3)n1CN[C@H](C(=O)O)C(C)C)c(=O)n(C)c(=O)n2C.Cl. The molecule has 244 valence electrons. The number of carboxylic acids is 1. The van der Waals surface area contributed by atoms with Gasteiger partial charge in [-0.2, -0.15) is 4.99 Å². The van der Waals surface area contributed by atoms with Gasteiger partial charge in [0.15, 0.2) is 4.80 Å². The first-order chi connectivity index (χ1) is 20.5. The zero-order chi connectivity index (χ0) is 32.7. The van der Waals surface area contributed by atoms with Crippen LogP contribution in [0.5, 0.6) is 5.75 Å². The molecule has 0 aliphatic carbocycles. The number of nitrogens with one attached hydrogen (secondary N) is 1. The summed E-state index contributed by atoms with van der Waals surface area (Å²) in [6.07, 6.45) is -5.31. The van der Waals surface area contributed by atoms with Crippen LogP contribution >= 0.6 is 35.3 Å². The molecular weight excluding hydrogens is 666 g/mol. The van der Waals surface area contributed by atoms with E-state index in [-0.39, 0.29) is 63.7 Å². The number of rotatable bonds is 9. The van der Waals surface area contributed by atoms with Crippen LogP contribution in [0, 0.1) is 12.8 Å². The van der Waals surface area contributed by atoms with Gasteiger partial charge in [0.2, 0.25) is 5.71 Å². The van der Waals surface area contributed by atoms with Gasteiger partial charge < -0.3 is 18.8 Å². The van der Waals surface area contributed by atoms with Crippen molar-refractivity contribution in [3.63, 3.8) is 0 Å². The number of carboxylic acid groups (broad SMARTS) is 1. The fourth-order valence-electron chi connectivity index (χ4n) is 4.56. The van der Waals surface area contributed by atoms with Crippen LogP contribution in [0.1, 0.15) is 25.2 Å². The Morgan fingerprint density at radius 1 is 1.20 bits per heavy atom. The molecule has 0 bridgehead atoms. The molecule has 4 rings (SSSR count). The number of halogens is 5. The third kappa shape index (κ3) is 7.52. The third-order valence-electron chi connectivity index (χ3n) is 6.79. The Balaban J connectivity index is 0.00000552. The molecule has 0 aliphatic rings. The van der Waals surface area contributed by atoms with E-state index < -0.39 is 41.3 Å². The molecule has 0 saturated carbocycles. The average Bonchev–Trinajstić information content (AvgIpc) is 3.46. The number of hydrogen-bond acceptors (Lipinski definition) is 8. The number of aliphatic carboxylic acids is 1. The number of carbonyl (C=O) groups excluding carboxylic acids is 1. The molecule has 45 heavy (non-hydrogen) atoms. The first-order valence-electron chi connectivity index (χ1n) is 13.0. The lowest BCUT2D eigenvalue weighted by Crippen LogP contribution is -2.43. The van der Waals surface area contributed by atoms with Crippen molar-refractivity contribution in [2.24, 2.45) is 25.0 Å². The molecule has 3 heterocycles. The van der Waals surface area contributed by atoms with E-state index in [1.165, 1.54) is 30.8 Å². The summed E-state index contributed by atoms with van der Waals surface area (Å²) in [6.45, 7) is 4.82. The number of alkyl halides is 3. The molecule has 0 spiro atoms. The normalized spacial score (nSPS) is 12.9. The van der Waals surface area contributed by atoms with Crippen LogP contribution in [0.2, 0.25) is 5.02 Å². The molecule has 0 unspecified atom stereocenters. The zero-order valence-corrected chi connectivity index (χ0v) is 26.8. The molecule has 4 aromatic rings. The smallest absolute Gasteiger partial charge is 0.480 e. The van der Waals surface area contributed by atoms with Crippen molar-refractivity contribution < 1.29 is 37.0 Å². The molecule has 12 nitrogen and oxygen atoms in total. The Kier molecular flexibility index (Phi) is 10.8. The summed E-state index contributed by atoms with van der Waals surface area (Å²) in [7, 11) is 2.74. The third-order valence-corrected chi connectivity index (χ3v) is 7.95. The molecule has 0 radical (unpaired) electrons. The van der Waals surface area contributed by atoms with Crippen LogP contribution in [0.3, 0.4) is 0 Å². The molecule has 18 heteroatoms. The maximum absolute atomic E-state index is 13.3. The fourth-order valence-corrected chi connectivity index (χ4v) is 5.71. The highest BCUT2D eigenvalue weighted by Gasteiger charge is 2.32. The average molecular weight is 695 g/mol. The second-order valence-electron chi connectivity index (χ2n) is 10.2. The predicted molar refractivity (Wildman–Crippen MR) is 162 cm³/mol. The van der Waals surface area contributed by atoms with Crippen molar-refractivity contribution in [3.8, 4) is 17.0 Å². The first kappa shape index (κ1) is 35.6. The van der Waals surface area contributed by atoms with Crippen LogP contribution in [0.4, 0.5) is 13.2 Å². The zero-order valence-electron chi connectivity index (χ0n) is 24.4. The van der Waals surface area contributed by atoms with E-state index in [4.69, 9.17) is 16.0 Å². The second kappa shape index (κ2) is 13.6. The van der Waals surface area contributed by atoms with Crippen LogP contribution in [0.15, 0.2) is 42.6 Å². The van der Waals surface area contributed by atoms with Gasteiger partial charge in [0, 0.05) is 30.6 Å². The number of aromatic nitrogens is 3. The van der Waals surface area contributed by atoms with Gasteiger partial charge in [-0.1, -0.05) is 25.4 Å². The van der Waals surface area contributed by atoms with E-state index in [1.54, 1.807) is 26.2 Å². The number of hydrogen-bond donors (Lipinski definition) is 2. The Morgan fingerprint density at radius 3 is 2.44 bits per heavy atom. The Hall–Kier alpha value is -3.86. The lowest BCUT2D eigenvalue weighted by molar-refractivity contribution is -0.274. The quantitative estimate of drug-likeness (QED) is 0.268. The van der Waals surface area contributed by atoms with Gasteiger partial charge in [-0.05, 0) is 31.0 Å². The highest BCUT2D eigenvalue weighted by molar-refractivity contribution is 7.07. The molecule has 1 aromatic carbocycles. The van der Waals surface area contributed by atoms with Crippen molar-refractivity contribution >= 4 is 58.3 Å². The number of fused-ring (bicyclic) bond motifs is 1. The van der Waals surface area contributed by atoms with Crippen molar-refractivity contribution in [1.82, 2.24) is 19.0 Å². The minimum absolute atomic E-state index is 0. The van der Waals surface area contributed by atoms with Gasteiger partial charge in [-0.25, -0.2) is 4.79 Å².